The molecule has 0 amide bonds. The van der Waals surface area contributed by atoms with Gasteiger partial charge in [-0.15, -0.1) is 0 Å². The average molecular weight is 425 g/mol. The van der Waals surface area contributed by atoms with Gasteiger partial charge in [-0.1, -0.05) is 17.7 Å². The molecule has 162 valence electrons. The van der Waals surface area contributed by atoms with E-state index < -0.39 is 17.4 Å². The van der Waals surface area contributed by atoms with E-state index in [1.807, 2.05) is 31.2 Å². The molecule has 1 atom stereocenters. The Hall–Kier alpha value is -3.79. The highest BCUT2D eigenvalue weighted by Gasteiger charge is 2.20. The Balaban J connectivity index is 1.61. The van der Waals surface area contributed by atoms with Crippen molar-refractivity contribution in [3.05, 3.63) is 74.8 Å². The molecule has 1 aromatic carbocycles. The van der Waals surface area contributed by atoms with Crippen LogP contribution >= 0.6 is 0 Å². The quantitative estimate of drug-likeness (QED) is 0.389. The van der Waals surface area contributed by atoms with Gasteiger partial charge in [0.1, 0.15) is 24.2 Å². The fourth-order valence-corrected chi connectivity index (χ4v) is 3.22. The normalized spacial score (nSPS) is 12.2. The summed E-state index contributed by atoms with van der Waals surface area (Å²) in [5.41, 5.74) is 0.349. The van der Waals surface area contributed by atoms with Crippen LogP contribution in [0.3, 0.4) is 0 Å². The Kier molecular flexibility index (Phi) is 5.63. The van der Waals surface area contributed by atoms with Gasteiger partial charge in [0.25, 0.3) is 5.56 Å². The number of hydrogen-bond donors (Lipinski definition) is 3. The number of aryl methyl sites for hydroxylation is 2. The van der Waals surface area contributed by atoms with Crippen LogP contribution in [-0.2, 0) is 20.1 Å². The van der Waals surface area contributed by atoms with E-state index in [1.165, 1.54) is 11.6 Å². The number of fused-ring (bicyclic) bond motifs is 1. The first-order chi connectivity index (χ1) is 14.9. The number of H-pyrrole nitrogens is 1. The fraction of sp³-hybridized carbons (Fsp3) is 0.286. The van der Waals surface area contributed by atoms with E-state index in [9.17, 15) is 14.7 Å². The minimum atomic E-state index is -0.931. The van der Waals surface area contributed by atoms with Gasteiger partial charge in [-0.3, -0.25) is 14.3 Å². The van der Waals surface area contributed by atoms with Crippen LogP contribution in [0.4, 0.5) is 5.95 Å². The van der Waals surface area contributed by atoms with E-state index in [-0.39, 0.29) is 24.3 Å². The number of nitrogens with zero attached hydrogens (tertiary/aromatic N) is 3. The summed E-state index contributed by atoms with van der Waals surface area (Å²) in [6, 6.07) is 11.0. The summed E-state index contributed by atoms with van der Waals surface area (Å²) in [6.07, 6.45) is 0.625. The van der Waals surface area contributed by atoms with E-state index in [2.05, 4.69) is 15.3 Å². The zero-order chi connectivity index (χ0) is 22.0. The Morgan fingerprint density at radius 3 is 2.74 bits per heavy atom. The highest BCUT2D eigenvalue weighted by molar-refractivity contribution is 5.74. The van der Waals surface area contributed by atoms with Crippen molar-refractivity contribution in [2.24, 2.45) is 7.05 Å². The number of aromatic nitrogens is 4. The SMILES string of the molecule is Cc1ccc(OC[C@H](O)Cn2c(NCc3ccco3)nc3c2c(=O)[nH]c(=O)n3C)cc1. The lowest BCUT2D eigenvalue weighted by Crippen LogP contribution is -2.30. The summed E-state index contributed by atoms with van der Waals surface area (Å²) in [4.78, 5) is 31.2. The minimum absolute atomic E-state index is 0.0179. The molecule has 0 fully saturated rings. The molecule has 0 saturated heterocycles. The smallest absolute Gasteiger partial charge is 0.329 e. The third kappa shape index (κ3) is 4.38. The van der Waals surface area contributed by atoms with Crippen LogP contribution in [0.25, 0.3) is 11.2 Å². The molecule has 0 aliphatic carbocycles. The first kappa shape index (κ1) is 20.5. The molecule has 4 rings (SSSR count). The zero-order valence-corrected chi connectivity index (χ0v) is 17.2. The molecule has 0 aliphatic heterocycles. The van der Waals surface area contributed by atoms with Crippen molar-refractivity contribution in [2.45, 2.75) is 26.1 Å². The maximum absolute atomic E-state index is 12.5. The minimum Gasteiger partial charge on any atom is -0.491 e. The zero-order valence-electron chi connectivity index (χ0n) is 17.2. The number of furan rings is 1. The molecule has 3 N–H and O–H groups in total. The second-order valence-electron chi connectivity index (χ2n) is 7.25. The molecule has 10 heteroatoms. The molecule has 4 aromatic rings. The third-order valence-electron chi connectivity index (χ3n) is 4.86. The van der Waals surface area contributed by atoms with Gasteiger partial charge >= 0.3 is 5.69 Å². The number of benzene rings is 1. The maximum atomic E-state index is 12.5. The molecule has 0 aliphatic rings. The number of aliphatic hydroxyl groups excluding tert-OH is 1. The van der Waals surface area contributed by atoms with Gasteiger partial charge in [-0.05, 0) is 31.2 Å². The number of anilines is 1. The van der Waals surface area contributed by atoms with E-state index in [0.29, 0.717) is 24.0 Å². The van der Waals surface area contributed by atoms with Crippen LogP contribution in [0.5, 0.6) is 5.75 Å². The van der Waals surface area contributed by atoms with Crippen LogP contribution in [0.2, 0.25) is 0 Å². The summed E-state index contributed by atoms with van der Waals surface area (Å²) < 4.78 is 13.8. The summed E-state index contributed by atoms with van der Waals surface area (Å²) >= 11 is 0. The standard InChI is InChI=1S/C21H23N5O5/c1-13-5-7-15(8-6-13)31-12-14(27)11-26-17-18(25(2)21(29)24-19(17)28)23-20(26)22-10-16-4-3-9-30-16/h3-9,14,27H,10-12H2,1-2H3,(H,22,23)(H,24,28,29)/t14-/m1/s1. The number of aliphatic hydroxyl groups is 1. The number of ether oxygens (including phenoxy) is 1. The van der Waals surface area contributed by atoms with E-state index in [0.717, 1.165) is 5.56 Å². The fourth-order valence-electron chi connectivity index (χ4n) is 3.22. The molecule has 0 unspecified atom stereocenters. The van der Waals surface area contributed by atoms with E-state index in [1.54, 1.807) is 23.0 Å². The van der Waals surface area contributed by atoms with Crippen LogP contribution in [0.15, 0.2) is 56.7 Å². The Bertz CT molecular complexity index is 1280. The monoisotopic (exact) mass is 425 g/mol. The average Bonchev–Trinajstić information content (AvgIpc) is 3.38. The van der Waals surface area contributed by atoms with E-state index in [4.69, 9.17) is 9.15 Å². The molecule has 0 radical (unpaired) electrons. The van der Waals surface area contributed by atoms with Gasteiger partial charge < -0.3 is 24.1 Å². The molecular formula is C21H23N5O5. The van der Waals surface area contributed by atoms with Crippen LogP contribution in [-0.4, -0.2) is 36.9 Å². The largest absolute Gasteiger partial charge is 0.491 e. The van der Waals surface area contributed by atoms with Crippen molar-refractivity contribution in [3.63, 3.8) is 0 Å². The summed E-state index contributed by atoms with van der Waals surface area (Å²) in [7, 11) is 1.52. The second-order valence-corrected chi connectivity index (χ2v) is 7.25. The van der Waals surface area contributed by atoms with Crippen molar-refractivity contribution < 1.29 is 14.3 Å². The number of rotatable bonds is 8. The number of nitrogens with one attached hydrogen (secondary N) is 2. The molecule has 31 heavy (non-hydrogen) atoms. The summed E-state index contributed by atoms with van der Waals surface area (Å²) in [5, 5.41) is 13.7. The predicted octanol–water partition coefficient (Wildman–Crippen LogP) is 1.38. The Morgan fingerprint density at radius 2 is 2.03 bits per heavy atom. The molecule has 0 saturated carbocycles. The summed E-state index contributed by atoms with van der Waals surface area (Å²) in [5.74, 6) is 1.63. The van der Waals surface area contributed by atoms with Crippen molar-refractivity contribution in [1.29, 1.82) is 0 Å². The predicted molar refractivity (Wildman–Crippen MR) is 114 cm³/mol. The lowest BCUT2D eigenvalue weighted by Gasteiger charge is -2.15. The number of imidazole rings is 1. The lowest BCUT2D eigenvalue weighted by molar-refractivity contribution is 0.0938. The molecule has 0 bridgehead atoms. The van der Waals surface area contributed by atoms with Crippen molar-refractivity contribution >= 4 is 17.1 Å². The highest BCUT2D eigenvalue weighted by atomic mass is 16.5. The Morgan fingerprint density at radius 1 is 1.26 bits per heavy atom. The van der Waals surface area contributed by atoms with Crippen molar-refractivity contribution in [1.82, 2.24) is 19.1 Å². The highest BCUT2D eigenvalue weighted by Crippen LogP contribution is 2.18. The van der Waals surface area contributed by atoms with Gasteiger partial charge in [-0.2, -0.15) is 4.98 Å². The lowest BCUT2D eigenvalue weighted by atomic mass is 10.2. The summed E-state index contributed by atoms with van der Waals surface area (Å²) in [6.45, 7) is 2.34. The van der Waals surface area contributed by atoms with Gasteiger partial charge in [-0.25, -0.2) is 4.79 Å². The van der Waals surface area contributed by atoms with Gasteiger partial charge in [0, 0.05) is 7.05 Å². The third-order valence-corrected chi connectivity index (χ3v) is 4.86. The van der Waals surface area contributed by atoms with Crippen LogP contribution in [0, 0.1) is 6.92 Å². The first-order valence-corrected chi connectivity index (χ1v) is 9.75. The van der Waals surface area contributed by atoms with Crippen molar-refractivity contribution in [3.8, 4) is 5.75 Å². The molecule has 0 spiro atoms. The van der Waals surface area contributed by atoms with Gasteiger partial charge in [0.15, 0.2) is 11.2 Å². The van der Waals surface area contributed by atoms with Crippen LogP contribution in [0.1, 0.15) is 11.3 Å². The maximum Gasteiger partial charge on any atom is 0.329 e. The second kappa shape index (κ2) is 8.52. The van der Waals surface area contributed by atoms with Crippen LogP contribution < -0.4 is 21.3 Å². The first-order valence-electron chi connectivity index (χ1n) is 9.75. The van der Waals surface area contributed by atoms with Crippen molar-refractivity contribution in [2.75, 3.05) is 11.9 Å². The van der Waals surface area contributed by atoms with Gasteiger partial charge in [0.05, 0.1) is 19.4 Å². The molecular weight excluding hydrogens is 402 g/mol. The van der Waals surface area contributed by atoms with Gasteiger partial charge in [0.2, 0.25) is 5.95 Å². The molecule has 3 heterocycles. The molecule has 10 nitrogen and oxygen atoms in total. The molecule has 3 aromatic heterocycles. The Labute approximate surface area is 176 Å². The van der Waals surface area contributed by atoms with E-state index >= 15 is 0 Å². The topological polar surface area (TPSA) is 127 Å². The number of aromatic amines is 1. The number of hydrogen-bond acceptors (Lipinski definition) is 7.